The minimum absolute atomic E-state index is 0.0838. The van der Waals surface area contributed by atoms with E-state index in [1.165, 1.54) is 0 Å². The summed E-state index contributed by atoms with van der Waals surface area (Å²) in [5.41, 5.74) is 3.59. The Hall–Kier alpha value is -3.66. The number of aromatic nitrogens is 3. The molecule has 7 nitrogen and oxygen atoms in total. The first-order valence-corrected chi connectivity index (χ1v) is 10.2. The van der Waals surface area contributed by atoms with Crippen LogP contribution in [0.25, 0.3) is 17.5 Å². The summed E-state index contributed by atoms with van der Waals surface area (Å²) in [6, 6.07) is 13.2. The van der Waals surface area contributed by atoms with E-state index in [1.807, 2.05) is 56.3 Å². The number of nitrogens with zero attached hydrogens (tertiary/aromatic N) is 4. The number of ether oxygens (including phenoxy) is 1. The van der Waals surface area contributed by atoms with Gasteiger partial charge in [0, 0.05) is 23.5 Å². The van der Waals surface area contributed by atoms with Crippen molar-refractivity contribution in [2.75, 3.05) is 0 Å². The summed E-state index contributed by atoms with van der Waals surface area (Å²) in [6.45, 7) is 10.8. The number of esters is 1. The number of hydrogen-bond acceptors (Lipinski definition) is 6. The molecule has 2 heterocycles. The third-order valence-corrected chi connectivity index (χ3v) is 4.89. The Morgan fingerprint density at radius 3 is 2.58 bits per heavy atom. The molecule has 0 saturated carbocycles. The van der Waals surface area contributed by atoms with Crippen LogP contribution in [0.2, 0.25) is 0 Å². The van der Waals surface area contributed by atoms with Crippen LogP contribution in [0.5, 0.6) is 0 Å². The highest BCUT2D eigenvalue weighted by Gasteiger charge is 2.22. The van der Waals surface area contributed by atoms with Crippen molar-refractivity contribution >= 4 is 12.0 Å². The highest BCUT2D eigenvalue weighted by atomic mass is 16.6. The maximum absolute atomic E-state index is 12.6. The van der Waals surface area contributed by atoms with Crippen LogP contribution in [0.3, 0.4) is 0 Å². The van der Waals surface area contributed by atoms with Gasteiger partial charge in [-0.3, -0.25) is 0 Å². The summed E-state index contributed by atoms with van der Waals surface area (Å²) >= 11 is 0. The van der Waals surface area contributed by atoms with E-state index < -0.39 is 12.1 Å². The maximum Gasteiger partial charge on any atom is 0.349 e. The Kier molecular flexibility index (Phi) is 6.71. The Balaban J connectivity index is 1.76. The minimum Gasteiger partial charge on any atom is -0.448 e. The minimum atomic E-state index is -0.789. The topological polar surface area (TPSA) is 93.9 Å². The standard InChI is InChI=1S/C24H26N4O3/c1-15(2)14-28-16(3)11-20(17(28)4)12-21(13-25)24(29)30-18(5)22-26-27-23(31-22)19-9-7-6-8-10-19/h6-12,15,18H,14H2,1-5H3/b21-12+. The molecule has 2 aromatic heterocycles. The smallest absolute Gasteiger partial charge is 0.349 e. The molecule has 0 fully saturated rings. The number of carbonyl (C=O) groups is 1. The van der Waals surface area contributed by atoms with Crippen LogP contribution in [-0.2, 0) is 16.1 Å². The van der Waals surface area contributed by atoms with Gasteiger partial charge in [-0.05, 0) is 56.5 Å². The van der Waals surface area contributed by atoms with Crippen molar-refractivity contribution in [3.05, 3.63) is 64.8 Å². The molecule has 7 heteroatoms. The second-order valence-electron chi connectivity index (χ2n) is 7.86. The van der Waals surface area contributed by atoms with Gasteiger partial charge >= 0.3 is 5.97 Å². The van der Waals surface area contributed by atoms with E-state index >= 15 is 0 Å². The first-order valence-electron chi connectivity index (χ1n) is 10.2. The Morgan fingerprint density at radius 1 is 1.23 bits per heavy atom. The number of nitriles is 1. The third kappa shape index (κ3) is 5.10. The van der Waals surface area contributed by atoms with Gasteiger partial charge in [-0.15, -0.1) is 10.2 Å². The molecule has 0 radical (unpaired) electrons. The predicted octanol–water partition coefficient (Wildman–Crippen LogP) is 5.02. The zero-order valence-corrected chi connectivity index (χ0v) is 18.4. The highest BCUT2D eigenvalue weighted by Crippen LogP contribution is 2.24. The van der Waals surface area contributed by atoms with Crippen molar-refractivity contribution in [3.63, 3.8) is 0 Å². The molecule has 0 aliphatic carbocycles. The number of carbonyl (C=O) groups excluding carboxylic acids is 1. The molecule has 0 saturated heterocycles. The molecule has 0 spiro atoms. The molecule has 1 aromatic carbocycles. The van der Waals surface area contributed by atoms with Gasteiger partial charge in [0.2, 0.25) is 5.89 Å². The SMILES string of the molecule is Cc1cc(/C=C(\C#N)C(=O)OC(C)c2nnc(-c3ccccc3)o2)c(C)n1CC(C)C. The van der Waals surface area contributed by atoms with Gasteiger partial charge in [-0.1, -0.05) is 32.0 Å². The lowest BCUT2D eigenvalue weighted by molar-refractivity contribution is -0.144. The van der Waals surface area contributed by atoms with Gasteiger partial charge < -0.3 is 13.7 Å². The van der Waals surface area contributed by atoms with Crippen molar-refractivity contribution in [2.24, 2.45) is 5.92 Å². The molecule has 0 bridgehead atoms. The second-order valence-corrected chi connectivity index (χ2v) is 7.86. The van der Waals surface area contributed by atoms with Crippen molar-refractivity contribution in [1.82, 2.24) is 14.8 Å². The van der Waals surface area contributed by atoms with Crippen molar-refractivity contribution in [1.29, 1.82) is 5.26 Å². The van der Waals surface area contributed by atoms with Gasteiger partial charge in [0.15, 0.2) is 6.10 Å². The molecule has 1 atom stereocenters. The summed E-state index contributed by atoms with van der Waals surface area (Å²) in [5.74, 6) is 0.257. The fourth-order valence-corrected chi connectivity index (χ4v) is 3.28. The summed E-state index contributed by atoms with van der Waals surface area (Å²) in [4.78, 5) is 12.6. The Labute approximate surface area is 182 Å². The maximum atomic E-state index is 12.6. The van der Waals surface area contributed by atoms with E-state index in [-0.39, 0.29) is 11.5 Å². The van der Waals surface area contributed by atoms with Crippen LogP contribution in [-0.4, -0.2) is 20.7 Å². The van der Waals surface area contributed by atoms with Crippen LogP contribution in [0.1, 0.15) is 49.7 Å². The fourth-order valence-electron chi connectivity index (χ4n) is 3.28. The summed E-state index contributed by atoms with van der Waals surface area (Å²) in [5, 5.41) is 17.5. The van der Waals surface area contributed by atoms with Gasteiger partial charge in [0.1, 0.15) is 11.6 Å². The summed E-state index contributed by atoms with van der Waals surface area (Å²) in [6.07, 6.45) is 0.778. The third-order valence-electron chi connectivity index (χ3n) is 4.89. The van der Waals surface area contributed by atoms with E-state index in [1.54, 1.807) is 13.0 Å². The number of aryl methyl sites for hydroxylation is 1. The summed E-state index contributed by atoms with van der Waals surface area (Å²) in [7, 11) is 0. The normalized spacial score (nSPS) is 12.6. The van der Waals surface area contributed by atoms with E-state index in [4.69, 9.17) is 9.15 Å². The van der Waals surface area contributed by atoms with Gasteiger partial charge in [-0.2, -0.15) is 5.26 Å². The Morgan fingerprint density at radius 2 is 1.94 bits per heavy atom. The molecule has 1 unspecified atom stereocenters. The van der Waals surface area contributed by atoms with E-state index in [9.17, 15) is 10.1 Å². The van der Waals surface area contributed by atoms with Crippen molar-refractivity contribution in [2.45, 2.75) is 47.3 Å². The zero-order valence-electron chi connectivity index (χ0n) is 18.4. The van der Waals surface area contributed by atoms with Crippen molar-refractivity contribution in [3.8, 4) is 17.5 Å². The lowest BCUT2D eigenvalue weighted by Gasteiger charge is -2.12. The molecule has 0 aliphatic rings. The Bertz CT molecular complexity index is 1130. The average molecular weight is 418 g/mol. The monoisotopic (exact) mass is 418 g/mol. The molecular formula is C24H26N4O3. The van der Waals surface area contributed by atoms with Gasteiger partial charge in [0.25, 0.3) is 5.89 Å². The quantitative estimate of drug-likeness (QED) is 0.304. The predicted molar refractivity (Wildman–Crippen MR) is 117 cm³/mol. The number of benzene rings is 1. The van der Waals surface area contributed by atoms with Crippen LogP contribution < -0.4 is 0 Å². The molecule has 160 valence electrons. The number of rotatable bonds is 7. The lowest BCUT2D eigenvalue weighted by Crippen LogP contribution is -2.11. The number of hydrogen-bond donors (Lipinski definition) is 0. The highest BCUT2D eigenvalue weighted by molar-refractivity contribution is 5.98. The molecule has 31 heavy (non-hydrogen) atoms. The zero-order chi connectivity index (χ0) is 22.5. The van der Waals surface area contributed by atoms with Crippen LogP contribution in [0.15, 0.2) is 46.4 Å². The molecule has 0 amide bonds. The first kappa shape index (κ1) is 22.0. The second kappa shape index (κ2) is 9.43. The largest absolute Gasteiger partial charge is 0.448 e. The van der Waals surface area contributed by atoms with Gasteiger partial charge in [-0.25, -0.2) is 4.79 Å². The molecule has 0 N–H and O–H groups in total. The lowest BCUT2D eigenvalue weighted by atomic mass is 10.1. The molecule has 3 rings (SSSR count). The van der Waals surface area contributed by atoms with E-state index in [0.717, 1.165) is 29.1 Å². The van der Waals surface area contributed by atoms with Crippen LogP contribution >= 0.6 is 0 Å². The van der Waals surface area contributed by atoms with Crippen LogP contribution in [0.4, 0.5) is 0 Å². The van der Waals surface area contributed by atoms with Gasteiger partial charge in [0.05, 0.1) is 0 Å². The molecule has 3 aromatic rings. The first-order chi connectivity index (χ1) is 14.8. The van der Waals surface area contributed by atoms with E-state index in [2.05, 4.69) is 28.6 Å². The van der Waals surface area contributed by atoms with E-state index in [0.29, 0.717) is 11.8 Å². The fraction of sp³-hybridized carbons (Fsp3) is 0.333. The molecule has 0 aliphatic heterocycles. The average Bonchev–Trinajstić information content (AvgIpc) is 3.33. The summed E-state index contributed by atoms with van der Waals surface area (Å²) < 4.78 is 13.2. The van der Waals surface area contributed by atoms with Crippen molar-refractivity contribution < 1.29 is 13.9 Å². The molecular weight excluding hydrogens is 392 g/mol. The van der Waals surface area contributed by atoms with Crippen LogP contribution in [0, 0.1) is 31.1 Å².